The van der Waals surface area contributed by atoms with Gasteiger partial charge < -0.3 is 5.32 Å². The van der Waals surface area contributed by atoms with Gasteiger partial charge in [-0.15, -0.1) is 12.4 Å². The second-order valence-corrected chi connectivity index (χ2v) is 6.60. The Labute approximate surface area is 147 Å². The lowest BCUT2D eigenvalue weighted by Crippen LogP contribution is -2.37. The average molecular weight is 354 g/mol. The summed E-state index contributed by atoms with van der Waals surface area (Å²) in [5.41, 5.74) is 2.29. The van der Waals surface area contributed by atoms with E-state index in [1.165, 1.54) is 24.8 Å². The van der Waals surface area contributed by atoms with Gasteiger partial charge in [0.1, 0.15) is 12.7 Å². The Kier molecular flexibility index (Phi) is 5.21. The molecule has 7 heteroatoms. The van der Waals surface area contributed by atoms with E-state index in [0.717, 1.165) is 30.3 Å². The van der Waals surface area contributed by atoms with E-state index in [-0.39, 0.29) is 12.4 Å². The number of fused-ring (bicyclic) bond motifs is 2. The van der Waals surface area contributed by atoms with E-state index in [0.29, 0.717) is 12.1 Å². The van der Waals surface area contributed by atoms with Crippen LogP contribution in [0.3, 0.4) is 0 Å². The minimum absolute atomic E-state index is 0. The van der Waals surface area contributed by atoms with Gasteiger partial charge in [0, 0.05) is 30.2 Å². The SMILES string of the molecule is Cl.Clc1ccc(CN2C3CCNCC2CC3)c(-n2cncn2)c1. The van der Waals surface area contributed by atoms with Gasteiger partial charge in [-0.25, -0.2) is 9.67 Å². The first-order chi connectivity index (χ1) is 10.8. The molecule has 1 N–H and O–H groups in total. The van der Waals surface area contributed by atoms with Crippen molar-refractivity contribution in [2.75, 3.05) is 13.1 Å². The molecule has 1 aromatic heterocycles. The van der Waals surface area contributed by atoms with Crippen LogP contribution >= 0.6 is 24.0 Å². The number of aromatic nitrogens is 3. The molecule has 2 aliphatic rings. The molecule has 0 amide bonds. The first kappa shape index (κ1) is 16.7. The normalized spacial score (nSPS) is 24.2. The second-order valence-electron chi connectivity index (χ2n) is 6.16. The van der Waals surface area contributed by atoms with E-state index in [2.05, 4.69) is 26.4 Å². The van der Waals surface area contributed by atoms with E-state index in [1.807, 2.05) is 12.1 Å². The monoisotopic (exact) mass is 353 g/mol. The fourth-order valence-corrected chi connectivity index (χ4v) is 3.92. The van der Waals surface area contributed by atoms with Gasteiger partial charge >= 0.3 is 0 Å². The molecule has 2 aliphatic heterocycles. The minimum atomic E-state index is 0. The summed E-state index contributed by atoms with van der Waals surface area (Å²) in [7, 11) is 0. The topological polar surface area (TPSA) is 46.0 Å². The van der Waals surface area contributed by atoms with Crippen LogP contribution in [0.4, 0.5) is 0 Å². The molecule has 124 valence electrons. The molecule has 0 aliphatic carbocycles. The lowest BCUT2D eigenvalue weighted by atomic mass is 10.1. The molecule has 5 nitrogen and oxygen atoms in total. The molecule has 1 aromatic carbocycles. The van der Waals surface area contributed by atoms with Crippen molar-refractivity contribution in [3.05, 3.63) is 41.4 Å². The summed E-state index contributed by atoms with van der Waals surface area (Å²) in [4.78, 5) is 6.71. The Balaban J connectivity index is 0.00000156. The Hall–Kier alpha value is -1.14. The quantitative estimate of drug-likeness (QED) is 0.921. The van der Waals surface area contributed by atoms with Gasteiger partial charge in [0.2, 0.25) is 0 Å². The number of hydrogen-bond donors (Lipinski definition) is 1. The van der Waals surface area contributed by atoms with Gasteiger partial charge in [-0.3, -0.25) is 4.90 Å². The molecular formula is C16H21Cl2N5. The van der Waals surface area contributed by atoms with Crippen LogP contribution in [0.1, 0.15) is 24.8 Å². The van der Waals surface area contributed by atoms with Crippen molar-refractivity contribution in [3.8, 4) is 5.69 Å². The van der Waals surface area contributed by atoms with E-state index in [4.69, 9.17) is 11.6 Å². The van der Waals surface area contributed by atoms with Crippen molar-refractivity contribution in [3.63, 3.8) is 0 Å². The highest BCUT2D eigenvalue weighted by atomic mass is 35.5. The van der Waals surface area contributed by atoms with Crippen LogP contribution in [0, 0.1) is 0 Å². The number of rotatable bonds is 3. The average Bonchev–Trinajstić information content (AvgIpc) is 3.09. The summed E-state index contributed by atoms with van der Waals surface area (Å²) in [6.45, 7) is 3.18. The molecular weight excluding hydrogens is 333 g/mol. The summed E-state index contributed by atoms with van der Waals surface area (Å²) in [5.74, 6) is 0. The number of nitrogens with zero attached hydrogens (tertiary/aromatic N) is 4. The van der Waals surface area contributed by atoms with Gasteiger partial charge in [-0.05, 0) is 43.5 Å². The molecule has 2 unspecified atom stereocenters. The van der Waals surface area contributed by atoms with E-state index in [9.17, 15) is 0 Å². The van der Waals surface area contributed by atoms with Crippen LogP contribution in [0.5, 0.6) is 0 Å². The zero-order valence-corrected chi connectivity index (χ0v) is 14.4. The highest BCUT2D eigenvalue weighted by Crippen LogP contribution is 2.31. The van der Waals surface area contributed by atoms with Gasteiger partial charge in [0.25, 0.3) is 0 Å². The molecule has 2 saturated heterocycles. The van der Waals surface area contributed by atoms with Gasteiger partial charge in [-0.2, -0.15) is 5.10 Å². The summed E-state index contributed by atoms with van der Waals surface area (Å²) in [6, 6.07) is 7.40. The second kappa shape index (κ2) is 7.18. The van der Waals surface area contributed by atoms with Crippen molar-refractivity contribution in [2.45, 2.75) is 37.9 Å². The molecule has 0 spiro atoms. The van der Waals surface area contributed by atoms with Crippen LogP contribution in [0.25, 0.3) is 5.69 Å². The number of nitrogens with one attached hydrogen (secondary N) is 1. The predicted molar refractivity (Wildman–Crippen MR) is 93.5 cm³/mol. The van der Waals surface area contributed by atoms with Crippen LogP contribution in [-0.4, -0.2) is 44.8 Å². The largest absolute Gasteiger partial charge is 0.315 e. The summed E-state index contributed by atoms with van der Waals surface area (Å²) >= 11 is 6.19. The first-order valence-corrected chi connectivity index (χ1v) is 8.29. The highest BCUT2D eigenvalue weighted by Gasteiger charge is 2.34. The van der Waals surface area contributed by atoms with Crippen molar-refractivity contribution in [1.82, 2.24) is 25.0 Å². The number of benzene rings is 1. The molecule has 2 atom stereocenters. The standard InChI is InChI=1S/C16H20ClN5.ClH/c17-13-2-1-12(16(7-13)22-11-19-10-20-22)9-21-14-3-4-15(21)8-18-6-5-14;/h1-2,7,10-11,14-15,18H,3-6,8-9H2;1H. The maximum Gasteiger partial charge on any atom is 0.138 e. The lowest BCUT2D eigenvalue weighted by Gasteiger charge is -2.28. The molecule has 2 aromatic rings. The van der Waals surface area contributed by atoms with Crippen molar-refractivity contribution < 1.29 is 0 Å². The fourth-order valence-electron chi connectivity index (χ4n) is 3.75. The molecule has 4 rings (SSSR count). The molecule has 3 heterocycles. The maximum absolute atomic E-state index is 6.19. The van der Waals surface area contributed by atoms with E-state index in [1.54, 1.807) is 17.3 Å². The smallest absolute Gasteiger partial charge is 0.138 e. The van der Waals surface area contributed by atoms with Gasteiger partial charge in [-0.1, -0.05) is 17.7 Å². The zero-order chi connectivity index (χ0) is 14.9. The van der Waals surface area contributed by atoms with Crippen LogP contribution in [0.15, 0.2) is 30.9 Å². The third-order valence-corrected chi connectivity index (χ3v) is 5.11. The van der Waals surface area contributed by atoms with E-state index < -0.39 is 0 Å². The van der Waals surface area contributed by atoms with Crippen LogP contribution < -0.4 is 5.32 Å². The zero-order valence-electron chi connectivity index (χ0n) is 12.9. The molecule has 23 heavy (non-hydrogen) atoms. The Morgan fingerprint density at radius 2 is 2.09 bits per heavy atom. The Morgan fingerprint density at radius 1 is 1.22 bits per heavy atom. The third kappa shape index (κ3) is 3.38. The third-order valence-electron chi connectivity index (χ3n) is 4.87. The summed E-state index contributed by atoms with van der Waals surface area (Å²) in [6.07, 6.45) is 7.14. The maximum atomic E-state index is 6.19. The number of hydrogen-bond acceptors (Lipinski definition) is 4. The van der Waals surface area contributed by atoms with Crippen LogP contribution in [-0.2, 0) is 6.54 Å². The molecule has 2 bridgehead atoms. The fraction of sp³-hybridized carbons (Fsp3) is 0.500. The van der Waals surface area contributed by atoms with Gasteiger partial charge in [0.15, 0.2) is 0 Å². The molecule has 2 fully saturated rings. The van der Waals surface area contributed by atoms with Gasteiger partial charge in [0.05, 0.1) is 5.69 Å². The van der Waals surface area contributed by atoms with Crippen molar-refractivity contribution >= 4 is 24.0 Å². The lowest BCUT2D eigenvalue weighted by molar-refractivity contribution is 0.193. The molecule has 0 saturated carbocycles. The summed E-state index contributed by atoms with van der Waals surface area (Å²) < 4.78 is 1.80. The predicted octanol–water partition coefficient (Wildman–Crippen LogP) is 2.67. The first-order valence-electron chi connectivity index (χ1n) is 7.91. The number of halogens is 2. The van der Waals surface area contributed by atoms with Crippen molar-refractivity contribution in [1.29, 1.82) is 0 Å². The summed E-state index contributed by atoms with van der Waals surface area (Å²) in [5, 5.41) is 8.56. The minimum Gasteiger partial charge on any atom is -0.315 e. The van der Waals surface area contributed by atoms with Crippen molar-refractivity contribution in [2.24, 2.45) is 0 Å². The van der Waals surface area contributed by atoms with Crippen LogP contribution in [0.2, 0.25) is 5.02 Å². The molecule has 0 radical (unpaired) electrons. The Bertz CT molecular complexity index is 632. The highest BCUT2D eigenvalue weighted by molar-refractivity contribution is 6.30. The Morgan fingerprint density at radius 3 is 2.91 bits per heavy atom. The van der Waals surface area contributed by atoms with E-state index >= 15 is 0 Å².